The van der Waals surface area contributed by atoms with Crippen molar-refractivity contribution in [2.24, 2.45) is 0 Å². The second-order valence-corrected chi connectivity index (χ2v) is 2.75. The summed E-state index contributed by atoms with van der Waals surface area (Å²) in [5, 5.41) is 10.4. The van der Waals surface area contributed by atoms with Crippen molar-refractivity contribution >= 4 is 59.5 Å². The molecule has 0 radical (unpaired) electrons. The Morgan fingerprint density at radius 2 is 2.08 bits per heavy atom. The zero-order chi connectivity index (χ0) is 8.43. The number of rotatable bonds is 1. The van der Waals surface area contributed by atoms with Gasteiger partial charge in [-0.3, -0.25) is 10.1 Å². The van der Waals surface area contributed by atoms with Crippen molar-refractivity contribution in [3.05, 3.63) is 33.3 Å². The van der Waals surface area contributed by atoms with E-state index in [-0.39, 0.29) is 45.2 Å². The van der Waals surface area contributed by atoms with Crippen LogP contribution in [0.5, 0.6) is 0 Å². The molecule has 1 rings (SSSR count). The first-order valence-corrected chi connectivity index (χ1v) is 3.57. The van der Waals surface area contributed by atoms with E-state index < -0.39 is 4.92 Å². The maximum atomic E-state index is 10.3. The maximum absolute atomic E-state index is 10.3. The van der Waals surface area contributed by atoms with Crippen molar-refractivity contribution in [3.8, 4) is 0 Å². The third-order valence-electron chi connectivity index (χ3n) is 1.15. The number of hydrogen-bond acceptors (Lipinski definition) is 3. The Bertz CT molecular complexity index is 287. The van der Waals surface area contributed by atoms with Gasteiger partial charge in [-0.25, -0.2) is 0 Å². The van der Waals surface area contributed by atoms with E-state index in [0.29, 0.717) is 0 Å². The molecular weight excluding hydrogens is 209 g/mol. The van der Waals surface area contributed by atoms with Crippen molar-refractivity contribution in [3.63, 3.8) is 0 Å². The van der Waals surface area contributed by atoms with Crippen LogP contribution in [-0.4, -0.2) is 34.5 Å². The molecule has 0 saturated heterocycles. The fourth-order valence-corrected chi connectivity index (χ4v) is 1.28. The van der Waals surface area contributed by atoms with Crippen LogP contribution in [-0.2, 0) is 0 Å². The number of nitro groups is 1. The Morgan fingerprint density at radius 1 is 1.50 bits per heavy atom. The second kappa shape index (κ2) is 5.09. The summed E-state index contributed by atoms with van der Waals surface area (Å²) < 4.78 is 0. The molecule has 0 heterocycles. The molecule has 0 bridgehead atoms. The Morgan fingerprint density at radius 3 is 2.42 bits per heavy atom. The van der Waals surface area contributed by atoms with E-state index in [2.05, 4.69) is 12.6 Å². The van der Waals surface area contributed by atoms with Gasteiger partial charge in [0, 0.05) is 0 Å². The first-order chi connectivity index (χ1) is 5.13. The summed E-state index contributed by atoms with van der Waals surface area (Å²) in [4.78, 5) is 10.0. The Balaban J connectivity index is 0.00000121. The summed E-state index contributed by atoms with van der Waals surface area (Å²) in [7, 11) is 0. The molecule has 0 amide bonds. The normalized spacial score (nSPS) is 8.83. The third kappa shape index (κ3) is 2.64. The molecule has 0 N–H and O–H groups in total. The van der Waals surface area contributed by atoms with Gasteiger partial charge in [0.15, 0.2) is 0 Å². The van der Waals surface area contributed by atoms with Gasteiger partial charge >= 0.3 is 35.2 Å². The summed E-state index contributed by atoms with van der Waals surface area (Å²) in [6.07, 6.45) is 0. The molecule has 0 unspecified atom stereocenters. The molecule has 0 aliphatic heterocycles. The zero-order valence-electron chi connectivity index (χ0n) is 5.32. The third-order valence-corrected chi connectivity index (χ3v) is 1.81. The van der Waals surface area contributed by atoms with Gasteiger partial charge in [0.05, 0.1) is 9.82 Å². The molecule has 60 valence electrons. The van der Waals surface area contributed by atoms with Crippen LogP contribution >= 0.6 is 24.2 Å². The predicted octanol–water partition coefficient (Wildman–Crippen LogP) is 1.89. The average molecular weight is 214 g/mol. The minimum absolute atomic E-state index is 0. The molecule has 6 heteroatoms. The number of para-hydroxylation sites is 1. The van der Waals surface area contributed by atoms with Gasteiger partial charge in [-0.1, -0.05) is 17.7 Å². The van der Waals surface area contributed by atoms with E-state index >= 15 is 0 Å². The Labute approximate surface area is 102 Å². The molecule has 3 nitrogen and oxygen atoms in total. The molecule has 1 aromatic rings. The van der Waals surface area contributed by atoms with Crippen LogP contribution in [0.3, 0.4) is 0 Å². The number of nitro benzene ring substituents is 1. The van der Waals surface area contributed by atoms with E-state index in [1.807, 2.05) is 0 Å². The molecule has 1 aromatic carbocycles. The quantitative estimate of drug-likeness (QED) is 0.335. The van der Waals surface area contributed by atoms with Crippen LogP contribution in [0.1, 0.15) is 0 Å². The van der Waals surface area contributed by atoms with Gasteiger partial charge in [-0.2, -0.15) is 0 Å². The number of nitrogens with zero attached hydrogens (tertiary/aromatic N) is 1. The average Bonchev–Trinajstić information content (AvgIpc) is 1.85. The number of thiol groups is 1. The van der Waals surface area contributed by atoms with Gasteiger partial charge in [-0.15, -0.1) is 12.6 Å². The molecular formula is C6H5ClNNaO2S. The van der Waals surface area contributed by atoms with Crippen molar-refractivity contribution in [2.75, 3.05) is 0 Å². The first kappa shape index (κ1) is 12.3. The van der Waals surface area contributed by atoms with E-state index in [4.69, 9.17) is 11.6 Å². The van der Waals surface area contributed by atoms with Crippen LogP contribution in [0.4, 0.5) is 5.69 Å². The van der Waals surface area contributed by atoms with Crippen LogP contribution in [0.15, 0.2) is 23.1 Å². The van der Waals surface area contributed by atoms with Crippen molar-refractivity contribution in [1.82, 2.24) is 0 Å². The fraction of sp³-hybridized carbons (Fsp3) is 0. The van der Waals surface area contributed by atoms with Gasteiger partial charge in [0.1, 0.15) is 5.02 Å². The summed E-state index contributed by atoms with van der Waals surface area (Å²) >= 11 is 9.41. The topological polar surface area (TPSA) is 43.1 Å². The van der Waals surface area contributed by atoms with Crippen LogP contribution in [0.2, 0.25) is 5.02 Å². The van der Waals surface area contributed by atoms with Crippen LogP contribution in [0, 0.1) is 10.1 Å². The SMILES string of the molecule is O=[N+]([O-])c1c(S)cccc1Cl.[NaH]. The van der Waals surface area contributed by atoms with E-state index in [9.17, 15) is 10.1 Å². The summed E-state index contributed by atoms with van der Waals surface area (Å²) in [6, 6.07) is 4.59. The molecule has 0 aromatic heterocycles. The van der Waals surface area contributed by atoms with Crippen LogP contribution in [0.25, 0.3) is 0 Å². The van der Waals surface area contributed by atoms with Gasteiger partial charge in [0.25, 0.3) is 0 Å². The molecule has 0 aliphatic carbocycles. The van der Waals surface area contributed by atoms with E-state index in [1.54, 1.807) is 6.07 Å². The first-order valence-electron chi connectivity index (χ1n) is 2.75. The Kier molecular flexibility index (Phi) is 5.20. The standard InChI is InChI=1S/C6H4ClNO2S.Na.H/c7-4-2-1-3-5(11)6(4)8(9)10;;/h1-3,11H;;. The van der Waals surface area contributed by atoms with Gasteiger partial charge in [0.2, 0.25) is 0 Å². The zero-order valence-corrected chi connectivity index (χ0v) is 6.97. The number of benzene rings is 1. The number of hydrogen-bond donors (Lipinski definition) is 1. The minimum atomic E-state index is -0.551. The van der Waals surface area contributed by atoms with Crippen molar-refractivity contribution < 1.29 is 4.92 Å². The Hall–Kier alpha value is 0.260. The monoisotopic (exact) mass is 213 g/mol. The molecule has 0 atom stereocenters. The molecule has 12 heavy (non-hydrogen) atoms. The fourth-order valence-electron chi connectivity index (χ4n) is 0.685. The van der Waals surface area contributed by atoms with Gasteiger partial charge in [-0.05, 0) is 12.1 Å². The molecule has 0 spiro atoms. The summed E-state index contributed by atoms with van der Waals surface area (Å²) in [6.45, 7) is 0. The van der Waals surface area contributed by atoms with Crippen LogP contribution < -0.4 is 0 Å². The molecule has 0 fully saturated rings. The predicted molar refractivity (Wildman–Crippen MR) is 52.5 cm³/mol. The van der Waals surface area contributed by atoms with Crippen molar-refractivity contribution in [2.45, 2.75) is 4.90 Å². The summed E-state index contributed by atoms with van der Waals surface area (Å²) in [5.41, 5.74) is -0.141. The molecule has 0 saturated carbocycles. The van der Waals surface area contributed by atoms with E-state index in [0.717, 1.165) is 0 Å². The van der Waals surface area contributed by atoms with Crippen molar-refractivity contribution in [1.29, 1.82) is 0 Å². The van der Waals surface area contributed by atoms with Gasteiger partial charge < -0.3 is 0 Å². The molecule has 0 aliphatic rings. The van der Waals surface area contributed by atoms with E-state index in [1.165, 1.54) is 12.1 Å². The second-order valence-electron chi connectivity index (χ2n) is 1.86. The number of halogens is 1. The summed E-state index contributed by atoms with van der Waals surface area (Å²) in [5.74, 6) is 0.